The molecule has 0 saturated carbocycles. The van der Waals surface area contributed by atoms with Crippen LogP contribution in [0.1, 0.15) is 19.4 Å². The summed E-state index contributed by atoms with van der Waals surface area (Å²) in [5, 5.41) is -0.504. The number of benzene rings is 1. The van der Waals surface area contributed by atoms with Crippen LogP contribution in [0.4, 0.5) is 4.79 Å². The number of carbonyl (C=O) groups is 3. The molecule has 26 heavy (non-hydrogen) atoms. The van der Waals surface area contributed by atoms with Crippen molar-refractivity contribution in [2.75, 3.05) is 20.3 Å². The van der Waals surface area contributed by atoms with Crippen molar-refractivity contribution in [3.63, 3.8) is 0 Å². The maximum atomic E-state index is 12.5. The van der Waals surface area contributed by atoms with Crippen molar-refractivity contribution in [1.29, 1.82) is 0 Å². The van der Waals surface area contributed by atoms with Gasteiger partial charge in [0, 0.05) is 10.0 Å². The highest BCUT2D eigenvalue weighted by molar-refractivity contribution is 9.11. The van der Waals surface area contributed by atoms with Crippen LogP contribution >= 0.6 is 43.6 Å². The quantitative estimate of drug-likeness (QED) is 0.419. The van der Waals surface area contributed by atoms with E-state index in [4.69, 9.17) is 9.47 Å². The summed E-state index contributed by atoms with van der Waals surface area (Å²) in [6.45, 7) is 3.65. The molecule has 0 unspecified atom stereocenters. The number of esters is 1. The summed E-state index contributed by atoms with van der Waals surface area (Å²) in [7, 11) is 1.52. The third kappa shape index (κ3) is 5.11. The highest BCUT2D eigenvalue weighted by Crippen LogP contribution is 2.38. The number of imide groups is 1. The topological polar surface area (TPSA) is 72.9 Å². The number of amides is 2. The minimum absolute atomic E-state index is 0.177. The van der Waals surface area contributed by atoms with Crippen LogP contribution in [0.25, 0.3) is 6.08 Å². The largest absolute Gasteiger partial charge is 0.495 e. The Balaban J connectivity index is 2.21. The second kappa shape index (κ2) is 9.05. The molecule has 0 spiro atoms. The van der Waals surface area contributed by atoms with E-state index in [0.29, 0.717) is 15.8 Å². The van der Waals surface area contributed by atoms with Gasteiger partial charge in [-0.05, 0) is 51.8 Å². The predicted octanol–water partition coefficient (Wildman–Crippen LogP) is 4.46. The lowest BCUT2D eigenvalue weighted by molar-refractivity contribution is -0.147. The van der Waals surface area contributed by atoms with Gasteiger partial charge in [-0.25, -0.2) is 0 Å². The van der Waals surface area contributed by atoms with Gasteiger partial charge in [0.05, 0.1) is 23.1 Å². The molecule has 1 aliphatic rings. The first kappa shape index (κ1) is 21.0. The number of halogens is 2. The summed E-state index contributed by atoms with van der Waals surface area (Å²) in [5.74, 6) is -0.419. The third-order valence-corrected chi connectivity index (χ3v) is 5.22. The number of carbonyl (C=O) groups excluding carboxylic acids is 3. The monoisotopic (exact) mass is 505 g/mol. The zero-order chi connectivity index (χ0) is 19.4. The second-order valence-corrected chi connectivity index (χ2v) is 8.62. The van der Waals surface area contributed by atoms with E-state index < -0.39 is 23.7 Å². The van der Waals surface area contributed by atoms with E-state index in [-0.39, 0.29) is 17.4 Å². The molecule has 9 heteroatoms. The van der Waals surface area contributed by atoms with Gasteiger partial charge in [0.15, 0.2) is 0 Å². The molecule has 2 rings (SSSR count). The van der Waals surface area contributed by atoms with E-state index in [1.807, 2.05) is 19.9 Å². The van der Waals surface area contributed by atoms with E-state index in [2.05, 4.69) is 31.9 Å². The van der Waals surface area contributed by atoms with Gasteiger partial charge in [-0.2, -0.15) is 0 Å². The van der Waals surface area contributed by atoms with Gasteiger partial charge in [0.25, 0.3) is 11.1 Å². The summed E-state index contributed by atoms with van der Waals surface area (Å²) in [4.78, 5) is 37.5. The average molecular weight is 507 g/mol. The fraction of sp³-hybridized carbons (Fsp3) is 0.353. The molecule has 0 radical (unpaired) electrons. The van der Waals surface area contributed by atoms with Gasteiger partial charge >= 0.3 is 5.97 Å². The van der Waals surface area contributed by atoms with Gasteiger partial charge in [0.1, 0.15) is 12.3 Å². The Morgan fingerprint density at radius 1 is 1.31 bits per heavy atom. The molecule has 0 aliphatic carbocycles. The van der Waals surface area contributed by atoms with Crippen LogP contribution in [-0.2, 0) is 14.3 Å². The lowest BCUT2D eigenvalue weighted by Gasteiger charge is -2.13. The smallest absolute Gasteiger partial charge is 0.326 e. The standard InChI is InChI=1S/C17H17Br2NO5S/c1-9(2)8-25-14(21)7-20-16(22)13(26-17(20)23)5-10-4-11(18)6-12(19)15(10)24-3/h4-6,9H,7-8H2,1-3H3/b13-5+. The van der Waals surface area contributed by atoms with Gasteiger partial charge in [0.2, 0.25) is 0 Å². The lowest BCUT2D eigenvalue weighted by Crippen LogP contribution is -2.34. The molecule has 1 saturated heterocycles. The number of hydrogen-bond acceptors (Lipinski definition) is 6. The molecule has 0 atom stereocenters. The minimum atomic E-state index is -0.606. The first-order valence-corrected chi connectivity index (χ1v) is 10.1. The Kier molecular flexibility index (Phi) is 7.31. The van der Waals surface area contributed by atoms with Gasteiger partial charge in [-0.1, -0.05) is 29.8 Å². The molecule has 0 N–H and O–H groups in total. The van der Waals surface area contributed by atoms with Crippen LogP contribution in [0, 0.1) is 5.92 Å². The number of ether oxygens (including phenoxy) is 2. The summed E-state index contributed by atoms with van der Waals surface area (Å²) in [6.07, 6.45) is 1.57. The maximum Gasteiger partial charge on any atom is 0.326 e. The van der Waals surface area contributed by atoms with E-state index in [9.17, 15) is 14.4 Å². The molecular weight excluding hydrogens is 490 g/mol. The summed E-state index contributed by atoms with van der Waals surface area (Å²) in [5.41, 5.74) is 0.627. The normalized spacial score (nSPS) is 15.9. The molecule has 6 nitrogen and oxygen atoms in total. The Morgan fingerprint density at radius 3 is 2.62 bits per heavy atom. The number of methoxy groups -OCH3 is 1. The Hall–Kier alpha value is -1.32. The van der Waals surface area contributed by atoms with Crippen LogP contribution in [0.2, 0.25) is 0 Å². The molecule has 1 heterocycles. The predicted molar refractivity (Wildman–Crippen MR) is 107 cm³/mol. The Morgan fingerprint density at radius 2 is 2.00 bits per heavy atom. The zero-order valence-corrected chi connectivity index (χ0v) is 18.4. The lowest BCUT2D eigenvalue weighted by atomic mass is 10.2. The van der Waals surface area contributed by atoms with Crippen molar-refractivity contribution in [2.45, 2.75) is 13.8 Å². The van der Waals surface area contributed by atoms with Crippen molar-refractivity contribution < 1.29 is 23.9 Å². The zero-order valence-electron chi connectivity index (χ0n) is 14.4. The molecule has 140 valence electrons. The molecular formula is C17H17Br2NO5S. The minimum Gasteiger partial charge on any atom is -0.495 e. The SMILES string of the molecule is COc1c(Br)cc(Br)cc1/C=C1/SC(=O)N(CC(=O)OCC(C)C)C1=O. The van der Waals surface area contributed by atoms with Gasteiger partial charge in [-0.3, -0.25) is 19.3 Å². The molecule has 1 aromatic carbocycles. The molecule has 1 aliphatic heterocycles. The number of nitrogens with zero attached hydrogens (tertiary/aromatic N) is 1. The average Bonchev–Trinajstić information content (AvgIpc) is 2.80. The van der Waals surface area contributed by atoms with Crippen molar-refractivity contribution >= 4 is 66.8 Å². The van der Waals surface area contributed by atoms with E-state index in [1.54, 1.807) is 12.1 Å². The number of rotatable bonds is 6. The fourth-order valence-corrected chi connectivity index (χ4v) is 4.36. The third-order valence-electron chi connectivity index (χ3n) is 3.27. The molecule has 1 fully saturated rings. The Labute approximate surface area is 172 Å². The van der Waals surface area contributed by atoms with Crippen molar-refractivity contribution in [1.82, 2.24) is 4.90 Å². The van der Waals surface area contributed by atoms with E-state index >= 15 is 0 Å². The van der Waals surface area contributed by atoms with Crippen molar-refractivity contribution in [3.05, 3.63) is 31.5 Å². The van der Waals surface area contributed by atoms with Crippen molar-refractivity contribution in [3.8, 4) is 5.75 Å². The first-order valence-electron chi connectivity index (χ1n) is 7.67. The molecule has 2 amide bonds. The maximum absolute atomic E-state index is 12.5. The number of hydrogen-bond donors (Lipinski definition) is 0. The van der Waals surface area contributed by atoms with Gasteiger partial charge < -0.3 is 9.47 Å². The highest BCUT2D eigenvalue weighted by Gasteiger charge is 2.37. The van der Waals surface area contributed by atoms with Crippen LogP contribution in [-0.4, -0.2) is 42.3 Å². The first-order chi connectivity index (χ1) is 12.2. The summed E-state index contributed by atoms with van der Waals surface area (Å²) < 4.78 is 11.9. The van der Waals surface area contributed by atoms with Gasteiger partial charge in [-0.15, -0.1) is 0 Å². The van der Waals surface area contributed by atoms with Crippen LogP contribution in [0.15, 0.2) is 26.0 Å². The summed E-state index contributed by atoms with van der Waals surface area (Å²) >= 11 is 7.55. The van der Waals surface area contributed by atoms with Crippen LogP contribution in [0.3, 0.4) is 0 Å². The Bertz CT molecular complexity index is 779. The molecule has 0 bridgehead atoms. The van der Waals surface area contributed by atoms with E-state index in [1.165, 1.54) is 7.11 Å². The van der Waals surface area contributed by atoms with Crippen LogP contribution < -0.4 is 4.74 Å². The molecule has 0 aromatic heterocycles. The molecule has 1 aromatic rings. The second-order valence-electron chi connectivity index (χ2n) is 5.85. The van der Waals surface area contributed by atoms with Crippen LogP contribution in [0.5, 0.6) is 5.75 Å². The van der Waals surface area contributed by atoms with E-state index in [0.717, 1.165) is 21.1 Å². The van der Waals surface area contributed by atoms with Crippen molar-refractivity contribution in [2.24, 2.45) is 5.92 Å². The number of thioether (sulfide) groups is 1. The summed E-state index contributed by atoms with van der Waals surface area (Å²) in [6, 6.07) is 3.58. The fourth-order valence-electron chi connectivity index (χ4n) is 2.11. The highest BCUT2D eigenvalue weighted by atomic mass is 79.9.